The van der Waals surface area contributed by atoms with Gasteiger partial charge in [-0.2, -0.15) is 0 Å². The molecule has 0 unspecified atom stereocenters. The summed E-state index contributed by atoms with van der Waals surface area (Å²) in [4.78, 5) is 11.4. The molecule has 2 aromatic rings. The van der Waals surface area contributed by atoms with E-state index in [1.54, 1.807) is 17.7 Å². The summed E-state index contributed by atoms with van der Waals surface area (Å²) >= 11 is 1.77. The lowest BCUT2D eigenvalue weighted by Crippen LogP contribution is -2.28. The fourth-order valence-corrected chi connectivity index (χ4v) is 4.61. The summed E-state index contributed by atoms with van der Waals surface area (Å²) in [6.07, 6.45) is 10.7. The first-order valence-electron chi connectivity index (χ1n) is 9.19. The van der Waals surface area contributed by atoms with Crippen LogP contribution >= 0.6 is 11.3 Å². The van der Waals surface area contributed by atoms with Gasteiger partial charge >= 0.3 is 0 Å². The van der Waals surface area contributed by atoms with E-state index >= 15 is 0 Å². The molecule has 2 N–H and O–H groups in total. The van der Waals surface area contributed by atoms with E-state index in [9.17, 15) is 0 Å². The first kappa shape index (κ1) is 16.2. The molecule has 2 aliphatic rings. The largest absolute Gasteiger partial charge is 0.380 e. The predicted octanol–water partition coefficient (Wildman–Crippen LogP) is 3.70. The number of anilines is 1. The SMILES string of the molecule is c1nc(NC2CCCCCC2)c2cc(CN[C@@H]3CCOC3)sc2n1. The van der Waals surface area contributed by atoms with Crippen molar-refractivity contribution >= 4 is 27.4 Å². The number of hydrogen-bond acceptors (Lipinski definition) is 6. The van der Waals surface area contributed by atoms with Crippen molar-refractivity contribution in [2.45, 2.75) is 63.6 Å². The van der Waals surface area contributed by atoms with Gasteiger partial charge in [-0.3, -0.25) is 0 Å². The molecular formula is C18H26N4OS. The summed E-state index contributed by atoms with van der Waals surface area (Å²) < 4.78 is 5.43. The number of aromatic nitrogens is 2. The Kier molecular flexibility index (Phi) is 5.25. The average molecular weight is 347 g/mol. The number of ether oxygens (including phenoxy) is 1. The minimum Gasteiger partial charge on any atom is -0.380 e. The van der Waals surface area contributed by atoms with Crippen LogP contribution in [-0.2, 0) is 11.3 Å². The number of hydrogen-bond donors (Lipinski definition) is 2. The highest BCUT2D eigenvalue weighted by Crippen LogP contribution is 2.30. The number of fused-ring (bicyclic) bond motifs is 1. The van der Waals surface area contributed by atoms with Gasteiger partial charge in [-0.05, 0) is 25.3 Å². The lowest BCUT2D eigenvalue weighted by atomic mass is 10.1. The van der Waals surface area contributed by atoms with Crippen molar-refractivity contribution in [3.8, 4) is 0 Å². The maximum absolute atomic E-state index is 5.43. The van der Waals surface area contributed by atoms with Gasteiger partial charge in [-0.15, -0.1) is 11.3 Å². The van der Waals surface area contributed by atoms with E-state index in [0.717, 1.165) is 36.8 Å². The van der Waals surface area contributed by atoms with Crippen LogP contribution in [0.2, 0.25) is 0 Å². The Hall–Kier alpha value is -1.24. The summed E-state index contributed by atoms with van der Waals surface area (Å²) in [6.45, 7) is 2.60. The van der Waals surface area contributed by atoms with Gasteiger partial charge in [0, 0.05) is 30.1 Å². The summed E-state index contributed by atoms with van der Waals surface area (Å²) in [7, 11) is 0. The van der Waals surface area contributed by atoms with Crippen LogP contribution in [0.3, 0.4) is 0 Å². The van der Waals surface area contributed by atoms with Crippen LogP contribution in [0.25, 0.3) is 10.2 Å². The standard InChI is InChI=1S/C18H26N4OS/c1-2-4-6-13(5-3-1)22-17-16-9-15(24-18(16)21-12-20-17)10-19-14-7-8-23-11-14/h9,12-14,19H,1-8,10-11H2,(H,20,21,22)/t14-/m1/s1. The predicted molar refractivity (Wildman–Crippen MR) is 98.6 cm³/mol. The van der Waals surface area contributed by atoms with Crippen molar-refractivity contribution < 1.29 is 4.74 Å². The van der Waals surface area contributed by atoms with Crippen molar-refractivity contribution in [2.75, 3.05) is 18.5 Å². The zero-order valence-corrected chi connectivity index (χ0v) is 14.9. The van der Waals surface area contributed by atoms with Gasteiger partial charge in [0.15, 0.2) is 0 Å². The summed E-state index contributed by atoms with van der Waals surface area (Å²) in [5.41, 5.74) is 0. The van der Waals surface area contributed by atoms with Gasteiger partial charge in [0.1, 0.15) is 17.0 Å². The molecule has 2 aromatic heterocycles. The second kappa shape index (κ2) is 7.76. The van der Waals surface area contributed by atoms with E-state index in [4.69, 9.17) is 4.74 Å². The number of nitrogens with zero attached hydrogens (tertiary/aromatic N) is 2. The molecule has 0 aromatic carbocycles. The smallest absolute Gasteiger partial charge is 0.138 e. The molecule has 0 bridgehead atoms. The molecule has 0 radical (unpaired) electrons. The number of nitrogens with one attached hydrogen (secondary N) is 2. The summed E-state index contributed by atoms with van der Waals surface area (Å²) in [5, 5.41) is 8.45. The molecule has 0 spiro atoms. The van der Waals surface area contributed by atoms with Gasteiger partial charge < -0.3 is 15.4 Å². The molecule has 24 heavy (non-hydrogen) atoms. The summed E-state index contributed by atoms with van der Waals surface area (Å²) in [5.74, 6) is 1.01. The Morgan fingerprint density at radius 3 is 2.75 bits per heavy atom. The molecule has 2 fully saturated rings. The highest BCUT2D eigenvalue weighted by Gasteiger charge is 2.17. The maximum atomic E-state index is 5.43. The lowest BCUT2D eigenvalue weighted by molar-refractivity contribution is 0.190. The van der Waals surface area contributed by atoms with Gasteiger partial charge in [0.25, 0.3) is 0 Å². The van der Waals surface area contributed by atoms with Gasteiger partial charge in [0.05, 0.1) is 12.0 Å². The monoisotopic (exact) mass is 346 g/mol. The first-order valence-corrected chi connectivity index (χ1v) is 10.0. The minimum absolute atomic E-state index is 0.491. The quantitative estimate of drug-likeness (QED) is 0.808. The molecular weight excluding hydrogens is 320 g/mol. The zero-order valence-electron chi connectivity index (χ0n) is 14.1. The van der Waals surface area contributed by atoms with E-state index in [0.29, 0.717) is 12.1 Å². The second-order valence-corrected chi connectivity index (χ2v) is 8.04. The third kappa shape index (κ3) is 3.87. The van der Waals surface area contributed by atoms with E-state index < -0.39 is 0 Å². The van der Waals surface area contributed by atoms with Crippen LogP contribution in [0.5, 0.6) is 0 Å². The van der Waals surface area contributed by atoms with Crippen LogP contribution in [0.1, 0.15) is 49.8 Å². The molecule has 130 valence electrons. The second-order valence-electron chi connectivity index (χ2n) is 6.93. The van der Waals surface area contributed by atoms with E-state index in [1.807, 2.05) is 0 Å². The fraction of sp³-hybridized carbons (Fsp3) is 0.667. The van der Waals surface area contributed by atoms with E-state index in [-0.39, 0.29) is 0 Å². The number of thiophene rings is 1. The zero-order chi connectivity index (χ0) is 16.2. The third-order valence-electron chi connectivity index (χ3n) is 5.07. The molecule has 0 amide bonds. The van der Waals surface area contributed by atoms with Gasteiger partial charge in [-0.1, -0.05) is 25.7 Å². The third-order valence-corrected chi connectivity index (χ3v) is 6.11. The Morgan fingerprint density at radius 1 is 1.08 bits per heavy atom. The maximum Gasteiger partial charge on any atom is 0.138 e. The molecule has 4 rings (SSSR count). The fourth-order valence-electron chi connectivity index (χ4n) is 3.67. The van der Waals surface area contributed by atoms with Gasteiger partial charge in [-0.25, -0.2) is 9.97 Å². The highest BCUT2D eigenvalue weighted by molar-refractivity contribution is 7.18. The van der Waals surface area contributed by atoms with Crippen molar-refractivity contribution in [3.63, 3.8) is 0 Å². The molecule has 5 nitrogen and oxygen atoms in total. The van der Waals surface area contributed by atoms with Crippen molar-refractivity contribution in [1.82, 2.24) is 15.3 Å². The molecule has 1 saturated heterocycles. The van der Waals surface area contributed by atoms with Crippen LogP contribution in [0.4, 0.5) is 5.82 Å². The Bertz CT molecular complexity index is 660. The molecule has 6 heteroatoms. The Morgan fingerprint density at radius 2 is 1.96 bits per heavy atom. The first-order chi connectivity index (χ1) is 11.9. The molecule has 1 saturated carbocycles. The van der Waals surface area contributed by atoms with Crippen LogP contribution in [0, 0.1) is 0 Å². The van der Waals surface area contributed by atoms with E-state index in [1.165, 1.54) is 48.8 Å². The Labute approximate surface area is 147 Å². The minimum atomic E-state index is 0.491. The summed E-state index contributed by atoms with van der Waals surface area (Å²) in [6, 6.07) is 3.30. The van der Waals surface area contributed by atoms with Crippen molar-refractivity contribution in [3.05, 3.63) is 17.3 Å². The average Bonchev–Trinajstić information content (AvgIpc) is 3.18. The van der Waals surface area contributed by atoms with Gasteiger partial charge in [0.2, 0.25) is 0 Å². The van der Waals surface area contributed by atoms with E-state index in [2.05, 4.69) is 26.7 Å². The normalized spacial score (nSPS) is 22.8. The van der Waals surface area contributed by atoms with Crippen LogP contribution in [0.15, 0.2) is 12.4 Å². The molecule has 1 atom stereocenters. The van der Waals surface area contributed by atoms with Crippen molar-refractivity contribution in [1.29, 1.82) is 0 Å². The Balaban J connectivity index is 1.46. The van der Waals surface area contributed by atoms with Crippen LogP contribution < -0.4 is 10.6 Å². The molecule has 1 aliphatic heterocycles. The molecule has 3 heterocycles. The number of rotatable bonds is 5. The van der Waals surface area contributed by atoms with Crippen molar-refractivity contribution in [2.24, 2.45) is 0 Å². The lowest BCUT2D eigenvalue weighted by Gasteiger charge is -2.17. The topological polar surface area (TPSA) is 59.1 Å². The molecule has 1 aliphatic carbocycles. The van der Waals surface area contributed by atoms with Crippen LogP contribution in [-0.4, -0.2) is 35.3 Å². The highest BCUT2D eigenvalue weighted by atomic mass is 32.1.